The number of piperidine rings is 1. The number of H-pyrrole nitrogens is 1. The van der Waals surface area contributed by atoms with Gasteiger partial charge in [-0.25, -0.2) is 9.89 Å². The van der Waals surface area contributed by atoms with E-state index in [1.807, 2.05) is 0 Å². The number of primary amides is 1. The molecule has 2 aromatic carbocycles. The molecule has 0 aliphatic carbocycles. The van der Waals surface area contributed by atoms with Crippen LogP contribution in [0.5, 0.6) is 0 Å². The number of hydrogen-bond acceptors (Lipinski definition) is 5. The average Bonchev–Trinajstić information content (AvgIpc) is 3.33. The smallest absolute Gasteiger partial charge is 0.372 e. The van der Waals surface area contributed by atoms with Crippen LogP contribution in [0.15, 0.2) is 59.7 Å². The molecule has 1 aliphatic heterocycles. The normalized spacial score (nSPS) is 22.9. The third-order valence-electron chi connectivity index (χ3n) is 7.14. The van der Waals surface area contributed by atoms with E-state index in [2.05, 4.69) is 15.5 Å². The standard InChI is InChI=1S/C25H25F6N5O3/c1-15(16-9-18(24(26,27)28)11-19(10-16)25(29,30)31)39-13-22(17-5-3-2-4-6-17)7-8-23(12-33-22,20(32)37)36-14-34-35-21(36)38/h2-6,9-11,14-15,33H,7-8,12-13H2,1H3,(H2,32,37)(H,35,38)/t15-,22-,23-/m1/s1. The number of benzene rings is 2. The Morgan fingerprint density at radius 3 is 2.15 bits per heavy atom. The highest BCUT2D eigenvalue weighted by molar-refractivity contribution is 5.83. The largest absolute Gasteiger partial charge is 0.416 e. The summed E-state index contributed by atoms with van der Waals surface area (Å²) in [6, 6.07) is 10.1. The first-order chi connectivity index (χ1) is 18.2. The lowest BCUT2D eigenvalue weighted by Crippen LogP contribution is -2.64. The van der Waals surface area contributed by atoms with Gasteiger partial charge in [-0.3, -0.25) is 9.36 Å². The number of halogens is 6. The van der Waals surface area contributed by atoms with E-state index in [-0.39, 0.29) is 37.6 Å². The van der Waals surface area contributed by atoms with Crippen molar-refractivity contribution >= 4 is 5.91 Å². The second kappa shape index (κ2) is 10.2. The fourth-order valence-corrected chi connectivity index (χ4v) is 4.79. The average molecular weight is 557 g/mol. The number of nitrogens with one attached hydrogen (secondary N) is 2. The first-order valence-electron chi connectivity index (χ1n) is 11.8. The molecule has 14 heteroatoms. The maximum Gasteiger partial charge on any atom is 0.416 e. The van der Waals surface area contributed by atoms with E-state index in [4.69, 9.17) is 10.5 Å². The molecule has 4 rings (SSSR count). The summed E-state index contributed by atoms with van der Waals surface area (Å²) < 4.78 is 87.1. The molecule has 1 fully saturated rings. The number of aromatic nitrogens is 3. The highest BCUT2D eigenvalue weighted by Crippen LogP contribution is 2.40. The van der Waals surface area contributed by atoms with Crippen molar-refractivity contribution in [1.29, 1.82) is 0 Å². The van der Waals surface area contributed by atoms with Crippen molar-refractivity contribution in [3.63, 3.8) is 0 Å². The van der Waals surface area contributed by atoms with Crippen LogP contribution in [0.4, 0.5) is 26.3 Å². The molecular weight excluding hydrogens is 532 g/mol. The van der Waals surface area contributed by atoms with E-state index < -0.39 is 52.3 Å². The van der Waals surface area contributed by atoms with Crippen molar-refractivity contribution in [3.05, 3.63) is 87.6 Å². The van der Waals surface area contributed by atoms with Crippen LogP contribution in [0.1, 0.15) is 48.1 Å². The lowest BCUT2D eigenvalue weighted by Gasteiger charge is -2.46. The minimum Gasteiger partial charge on any atom is -0.372 e. The van der Waals surface area contributed by atoms with Gasteiger partial charge in [0.2, 0.25) is 5.91 Å². The second-order valence-corrected chi connectivity index (χ2v) is 9.52. The Morgan fingerprint density at radius 2 is 1.69 bits per heavy atom. The van der Waals surface area contributed by atoms with Crippen LogP contribution in [0.2, 0.25) is 0 Å². The minimum absolute atomic E-state index is 0.0611. The Bertz CT molecular complexity index is 1340. The Labute approximate surface area is 218 Å². The van der Waals surface area contributed by atoms with Crippen LogP contribution in [0.3, 0.4) is 0 Å². The Kier molecular flexibility index (Phi) is 7.38. The highest BCUT2D eigenvalue weighted by atomic mass is 19.4. The summed E-state index contributed by atoms with van der Waals surface area (Å²) in [5.41, 5.74) is 0.116. The molecule has 8 nitrogen and oxygen atoms in total. The Balaban J connectivity index is 1.64. The predicted molar refractivity (Wildman–Crippen MR) is 126 cm³/mol. The predicted octanol–water partition coefficient (Wildman–Crippen LogP) is 3.85. The van der Waals surface area contributed by atoms with Gasteiger partial charge in [0.1, 0.15) is 11.9 Å². The summed E-state index contributed by atoms with van der Waals surface area (Å²) in [7, 11) is 0. The van der Waals surface area contributed by atoms with Crippen molar-refractivity contribution < 1.29 is 35.9 Å². The fourth-order valence-electron chi connectivity index (χ4n) is 4.79. The molecule has 3 atom stereocenters. The second-order valence-electron chi connectivity index (χ2n) is 9.52. The molecule has 1 aliphatic rings. The summed E-state index contributed by atoms with van der Waals surface area (Å²) in [4.78, 5) is 24.8. The van der Waals surface area contributed by atoms with E-state index in [0.717, 1.165) is 10.9 Å². The van der Waals surface area contributed by atoms with Crippen molar-refractivity contribution in [3.8, 4) is 0 Å². The zero-order valence-corrected chi connectivity index (χ0v) is 20.6. The number of ether oxygens (including phenoxy) is 1. The first kappa shape index (κ1) is 28.4. The molecule has 1 amide bonds. The van der Waals surface area contributed by atoms with Crippen molar-refractivity contribution in [2.75, 3.05) is 13.2 Å². The Morgan fingerprint density at radius 1 is 1.08 bits per heavy atom. The van der Waals surface area contributed by atoms with Crippen LogP contribution in [-0.2, 0) is 33.0 Å². The Hall–Kier alpha value is -3.65. The van der Waals surface area contributed by atoms with Crippen LogP contribution < -0.4 is 16.7 Å². The number of amides is 1. The molecule has 1 saturated heterocycles. The summed E-state index contributed by atoms with van der Waals surface area (Å²) >= 11 is 0. The minimum atomic E-state index is -4.99. The van der Waals surface area contributed by atoms with Crippen LogP contribution in [0, 0.1) is 0 Å². The molecule has 39 heavy (non-hydrogen) atoms. The van der Waals surface area contributed by atoms with Gasteiger partial charge in [0.25, 0.3) is 0 Å². The molecule has 2 heterocycles. The summed E-state index contributed by atoms with van der Waals surface area (Å²) in [5.74, 6) is -0.780. The van der Waals surface area contributed by atoms with Crippen LogP contribution >= 0.6 is 0 Å². The third kappa shape index (κ3) is 5.57. The van der Waals surface area contributed by atoms with Gasteiger partial charge >= 0.3 is 18.0 Å². The molecule has 210 valence electrons. The fraction of sp³-hybridized carbons (Fsp3) is 0.400. The maximum atomic E-state index is 13.4. The van der Waals surface area contributed by atoms with E-state index in [1.165, 1.54) is 6.92 Å². The van der Waals surface area contributed by atoms with E-state index >= 15 is 0 Å². The summed E-state index contributed by atoms with van der Waals surface area (Å²) in [6.07, 6.45) is -9.72. The quantitative estimate of drug-likeness (QED) is 0.382. The molecule has 0 unspecified atom stereocenters. The molecule has 1 aromatic heterocycles. The van der Waals surface area contributed by atoms with Gasteiger partial charge in [0.05, 0.1) is 29.4 Å². The zero-order chi connectivity index (χ0) is 28.6. The molecule has 3 aromatic rings. The number of nitrogens with two attached hydrogens (primary N) is 1. The van der Waals surface area contributed by atoms with E-state index in [1.54, 1.807) is 30.3 Å². The number of hydrogen-bond donors (Lipinski definition) is 3. The lowest BCUT2D eigenvalue weighted by molar-refractivity contribution is -0.143. The van der Waals surface area contributed by atoms with E-state index in [9.17, 15) is 35.9 Å². The van der Waals surface area contributed by atoms with Crippen molar-refractivity contribution in [2.24, 2.45) is 5.73 Å². The van der Waals surface area contributed by atoms with Gasteiger partial charge in [0, 0.05) is 6.54 Å². The van der Waals surface area contributed by atoms with Gasteiger partial charge < -0.3 is 15.8 Å². The van der Waals surface area contributed by atoms with Crippen molar-refractivity contribution in [1.82, 2.24) is 20.1 Å². The highest BCUT2D eigenvalue weighted by Gasteiger charge is 2.49. The topological polar surface area (TPSA) is 115 Å². The lowest BCUT2D eigenvalue weighted by atomic mass is 9.76. The third-order valence-corrected chi connectivity index (χ3v) is 7.14. The summed E-state index contributed by atoms with van der Waals surface area (Å²) in [5, 5.41) is 9.12. The van der Waals surface area contributed by atoms with Gasteiger partial charge in [0.15, 0.2) is 0 Å². The monoisotopic (exact) mass is 557 g/mol. The number of alkyl halides is 6. The van der Waals surface area contributed by atoms with Crippen molar-refractivity contribution in [2.45, 2.75) is 49.3 Å². The number of carbonyl (C=O) groups excluding carboxylic acids is 1. The SMILES string of the molecule is C[C@@H](OC[C@@]1(c2ccccc2)CC[C@@](C(N)=O)(n2cn[nH]c2=O)CN1)c1cc(C(F)(F)F)cc(C(F)(F)F)c1. The van der Waals surface area contributed by atoms with Gasteiger partial charge in [-0.05, 0) is 49.1 Å². The number of nitrogens with zero attached hydrogens (tertiary/aromatic N) is 2. The van der Waals surface area contributed by atoms with E-state index in [0.29, 0.717) is 17.7 Å². The first-order valence-corrected chi connectivity index (χ1v) is 11.8. The molecular formula is C25H25F6N5O3. The van der Waals surface area contributed by atoms with Crippen LogP contribution in [-0.4, -0.2) is 33.8 Å². The number of rotatable bonds is 7. The van der Waals surface area contributed by atoms with Gasteiger partial charge in [-0.15, -0.1) is 0 Å². The van der Waals surface area contributed by atoms with Crippen LogP contribution in [0.25, 0.3) is 0 Å². The van der Waals surface area contributed by atoms with Gasteiger partial charge in [-0.2, -0.15) is 31.4 Å². The summed E-state index contributed by atoms with van der Waals surface area (Å²) in [6.45, 7) is 1.07. The zero-order valence-electron chi connectivity index (χ0n) is 20.6. The number of carbonyl (C=O) groups is 1. The molecule has 0 bridgehead atoms. The molecule has 0 spiro atoms. The molecule has 4 N–H and O–H groups in total. The van der Waals surface area contributed by atoms with Gasteiger partial charge in [-0.1, -0.05) is 30.3 Å². The number of aromatic amines is 1. The molecule has 0 radical (unpaired) electrons. The maximum absolute atomic E-state index is 13.4. The molecule has 0 saturated carbocycles.